The number of benzene rings is 1. The van der Waals surface area contributed by atoms with E-state index in [9.17, 15) is 18.3 Å². The molecule has 3 N–H and O–H groups in total. The first kappa shape index (κ1) is 15.9. The van der Waals surface area contributed by atoms with Crippen LogP contribution in [0.25, 0.3) is 0 Å². The average molecular weight is 312 g/mol. The van der Waals surface area contributed by atoms with Crippen molar-refractivity contribution in [3.05, 3.63) is 35.4 Å². The molecule has 2 unspecified atom stereocenters. The smallest absolute Gasteiger partial charge is 0.251 e. The molecule has 2 rings (SSSR count). The topological polar surface area (TPSA) is 95.5 Å². The van der Waals surface area contributed by atoms with Gasteiger partial charge in [-0.1, -0.05) is 17.7 Å². The summed E-state index contributed by atoms with van der Waals surface area (Å²) < 4.78 is 22.7. The summed E-state index contributed by atoms with van der Waals surface area (Å²) >= 11 is 0. The highest BCUT2D eigenvalue weighted by Crippen LogP contribution is 2.11. The Labute approximate surface area is 124 Å². The molecular formula is C14H20N2O4S. The third-order valence-electron chi connectivity index (χ3n) is 3.45. The Hall–Kier alpha value is -1.44. The minimum atomic E-state index is -3.15. The van der Waals surface area contributed by atoms with Gasteiger partial charge in [-0.25, -0.2) is 8.42 Å². The van der Waals surface area contributed by atoms with Crippen molar-refractivity contribution in [1.82, 2.24) is 10.6 Å². The number of nitrogens with one attached hydrogen (secondary N) is 2. The number of carbonyl (C=O) groups excluding carboxylic acids is 1. The third-order valence-corrected chi connectivity index (χ3v) is 5.17. The second kappa shape index (κ2) is 6.55. The fourth-order valence-corrected chi connectivity index (χ4v) is 4.04. The van der Waals surface area contributed by atoms with E-state index in [-0.39, 0.29) is 17.4 Å². The molecule has 0 aliphatic carbocycles. The second-order valence-electron chi connectivity index (χ2n) is 5.33. The lowest BCUT2D eigenvalue weighted by Gasteiger charge is -2.15. The monoisotopic (exact) mass is 312 g/mol. The van der Waals surface area contributed by atoms with Crippen molar-refractivity contribution < 1.29 is 18.3 Å². The predicted octanol–water partition coefficient (Wildman–Crippen LogP) is -0.528. The van der Waals surface area contributed by atoms with Gasteiger partial charge in [0.1, 0.15) is 0 Å². The van der Waals surface area contributed by atoms with Crippen molar-refractivity contribution >= 4 is 15.7 Å². The number of hydrogen-bond acceptors (Lipinski definition) is 5. The van der Waals surface area contributed by atoms with Crippen LogP contribution in [-0.2, 0) is 9.84 Å². The highest BCUT2D eigenvalue weighted by Gasteiger charge is 2.35. The lowest BCUT2D eigenvalue weighted by atomic mass is 10.1. The van der Waals surface area contributed by atoms with Crippen molar-refractivity contribution in [2.45, 2.75) is 19.1 Å². The van der Waals surface area contributed by atoms with Gasteiger partial charge >= 0.3 is 0 Å². The number of aliphatic hydroxyl groups excluding tert-OH is 1. The fourth-order valence-electron chi connectivity index (χ4n) is 2.26. The summed E-state index contributed by atoms with van der Waals surface area (Å²) in [4.78, 5) is 11.8. The van der Waals surface area contributed by atoms with E-state index in [2.05, 4.69) is 10.6 Å². The zero-order valence-corrected chi connectivity index (χ0v) is 12.7. The molecule has 1 saturated heterocycles. The lowest BCUT2D eigenvalue weighted by molar-refractivity contribution is 0.0953. The Morgan fingerprint density at radius 3 is 2.48 bits per heavy atom. The van der Waals surface area contributed by atoms with Crippen LogP contribution in [0.1, 0.15) is 15.9 Å². The number of aliphatic hydroxyl groups is 1. The molecule has 1 aromatic rings. The number of rotatable bonds is 5. The van der Waals surface area contributed by atoms with Gasteiger partial charge in [-0.2, -0.15) is 0 Å². The summed E-state index contributed by atoms with van der Waals surface area (Å²) in [5.41, 5.74) is 1.67. The SMILES string of the molecule is Cc1ccc(C(=O)NCCNC2CS(=O)(=O)CC2O)cc1. The normalized spacial score (nSPS) is 23.9. The lowest BCUT2D eigenvalue weighted by Crippen LogP contribution is -2.42. The maximum atomic E-state index is 11.8. The van der Waals surface area contributed by atoms with Crippen LogP contribution >= 0.6 is 0 Å². The largest absolute Gasteiger partial charge is 0.390 e. The van der Waals surface area contributed by atoms with Crippen LogP contribution in [0.4, 0.5) is 0 Å². The summed E-state index contributed by atoms with van der Waals surface area (Å²) in [7, 11) is -3.15. The maximum Gasteiger partial charge on any atom is 0.251 e. The van der Waals surface area contributed by atoms with E-state index < -0.39 is 22.0 Å². The summed E-state index contributed by atoms with van der Waals surface area (Å²) in [5.74, 6) is -0.420. The molecular weight excluding hydrogens is 292 g/mol. The number of carbonyl (C=O) groups is 1. The van der Waals surface area contributed by atoms with Gasteiger partial charge in [0.25, 0.3) is 5.91 Å². The molecule has 1 heterocycles. The van der Waals surface area contributed by atoms with Gasteiger partial charge in [0, 0.05) is 24.7 Å². The molecule has 0 radical (unpaired) electrons. The van der Waals surface area contributed by atoms with Crippen LogP contribution in [-0.4, -0.2) is 56.2 Å². The van der Waals surface area contributed by atoms with E-state index in [0.29, 0.717) is 18.7 Å². The van der Waals surface area contributed by atoms with Crippen LogP contribution in [0, 0.1) is 6.92 Å². The summed E-state index contributed by atoms with van der Waals surface area (Å²) in [6.07, 6.45) is -0.872. The zero-order valence-electron chi connectivity index (χ0n) is 11.9. The minimum absolute atomic E-state index is 0.0555. The molecule has 0 spiro atoms. The molecule has 2 atom stereocenters. The molecule has 21 heavy (non-hydrogen) atoms. The molecule has 7 heteroatoms. The standard InChI is InChI=1S/C14H20N2O4S/c1-10-2-4-11(5-3-10)14(18)16-7-6-15-12-8-21(19,20)9-13(12)17/h2-5,12-13,15,17H,6-9H2,1H3,(H,16,18). The fraction of sp³-hybridized carbons (Fsp3) is 0.500. The first-order valence-corrected chi connectivity index (χ1v) is 8.66. The molecule has 1 amide bonds. The highest BCUT2D eigenvalue weighted by molar-refractivity contribution is 7.91. The van der Waals surface area contributed by atoms with Crippen LogP contribution in [0.15, 0.2) is 24.3 Å². The summed E-state index contributed by atoms with van der Waals surface area (Å²) in [6, 6.07) is 6.79. The van der Waals surface area contributed by atoms with E-state index >= 15 is 0 Å². The quantitative estimate of drug-likeness (QED) is 0.636. The number of hydrogen-bond donors (Lipinski definition) is 3. The first-order chi connectivity index (χ1) is 9.87. The number of amides is 1. The summed E-state index contributed by atoms with van der Waals surface area (Å²) in [6.45, 7) is 2.73. The molecule has 0 aromatic heterocycles. The van der Waals surface area contributed by atoms with Gasteiger partial charge in [0.05, 0.1) is 17.6 Å². The van der Waals surface area contributed by atoms with Crippen LogP contribution in [0.2, 0.25) is 0 Å². The van der Waals surface area contributed by atoms with E-state index in [1.807, 2.05) is 19.1 Å². The van der Waals surface area contributed by atoms with E-state index in [0.717, 1.165) is 5.56 Å². The van der Waals surface area contributed by atoms with Gasteiger partial charge in [-0.3, -0.25) is 4.79 Å². The van der Waals surface area contributed by atoms with Crippen LogP contribution in [0.3, 0.4) is 0 Å². The Morgan fingerprint density at radius 1 is 1.24 bits per heavy atom. The van der Waals surface area contributed by atoms with Crippen molar-refractivity contribution in [2.75, 3.05) is 24.6 Å². The Balaban J connectivity index is 1.73. The third kappa shape index (κ3) is 4.52. The molecule has 1 aliphatic rings. The van der Waals surface area contributed by atoms with Crippen LogP contribution in [0.5, 0.6) is 0 Å². The van der Waals surface area contributed by atoms with Gasteiger partial charge < -0.3 is 15.7 Å². The van der Waals surface area contributed by atoms with Crippen molar-refractivity contribution in [1.29, 1.82) is 0 Å². The molecule has 6 nitrogen and oxygen atoms in total. The molecule has 1 fully saturated rings. The van der Waals surface area contributed by atoms with Crippen LogP contribution < -0.4 is 10.6 Å². The maximum absolute atomic E-state index is 11.8. The average Bonchev–Trinajstić information content (AvgIpc) is 2.68. The van der Waals surface area contributed by atoms with Crippen molar-refractivity contribution in [3.63, 3.8) is 0 Å². The Morgan fingerprint density at radius 2 is 1.90 bits per heavy atom. The van der Waals surface area contributed by atoms with E-state index in [1.165, 1.54) is 0 Å². The highest BCUT2D eigenvalue weighted by atomic mass is 32.2. The van der Waals surface area contributed by atoms with Gasteiger partial charge in [-0.05, 0) is 19.1 Å². The molecule has 116 valence electrons. The number of aryl methyl sites for hydroxylation is 1. The minimum Gasteiger partial charge on any atom is -0.390 e. The summed E-state index contributed by atoms with van der Waals surface area (Å²) in [5, 5.41) is 15.3. The van der Waals surface area contributed by atoms with E-state index in [4.69, 9.17) is 0 Å². The molecule has 0 saturated carbocycles. The molecule has 0 bridgehead atoms. The zero-order chi connectivity index (χ0) is 15.5. The predicted molar refractivity (Wildman–Crippen MR) is 80.0 cm³/mol. The Bertz CT molecular complexity index is 598. The van der Waals surface area contributed by atoms with Gasteiger partial charge in [0.2, 0.25) is 0 Å². The van der Waals surface area contributed by atoms with E-state index in [1.54, 1.807) is 12.1 Å². The van der Waals surface area contributed by atoms with Crippen molar-refractivity contribution in [2.24, 2.45) is 0 Å². The number of sulfone groups is 1. The second-order valence-corrected chi connectivity index (χ2v) is 7.48. The molecule has 1 aliphatic heterocycles. The molecule has 1 aromatic carbocycles. The first-order valence-electron chi connectivity index (χ1n) is 6.84. The van der Waals surface area contributed by atoms with Gasteiger partial charge in [-0.15, -0.1) is 0 Å². The van der Waals surface area contributed by atoms with Crippen molar-refractivity contribution in [3.8, 4) is 0 Å². The van der Waals surface area contributed by atoms with Gasteiger partial charge in [0.15, 0.2) is 9.84 Å². The Kier molecular flexibility index (Phi) is 4.97.